The minimum Gasteiger partial charge on any atom is -0.492 e. The summed E-state index contributed by atoms with van der Waals surface area (Å²) in [5, 5.41) is 0.549. The van der Waals surface area contributed by atoms with Gasteiger partial charge >= 0.3 is 0 Å². The zero-order valence-corrected chi connectivity index (χ0v) is 11.3. The van der Waals surface area contributed by atoms with Crippen molar-refractivity contribution in [1.29, 1.82) is 0 Å². The lowest BCUT2D eigenvalue weighted by Gasteiger charge is -2.09. The molecule has 2 nitrogen and oxygen atoms in total. The van der Waals surface area contributed by atoms with Crippen molar-refractivity contribution >= 4 is 17.9 Å². The van der Waals surface area contributed by atoms with Gasteiger partial charge < -0.3 is 9.53 Å². The molecule has 0 aliphatic rings. The summed E-state index contributed by atoms with van der Waals surface area (Å²) < 4.78 is 5.65. The van der Waals surface area contributed by atoms with Crippen LogP contribution in [0.1, 0.15) is 11.1 Å². The Bertz CT molecular complexity index is 538. The highest BCUT2D eigenvalue weighted by molar-refractivity contribution is 6.32. The summed E-state index contributed by atoms with van der Waals surface area (Å²) in [6, 6.07) is 15.6. The molecule has 0 saturated heterocycles. The van der Waals surface area contributed by atoms with E-state index < -0.39 is 0 Å². The summed E-state index contributed by atoms with van der Waals surface area (Å²) in [6.07, 6.45) is 2.08. The van der Waals surface area contributed by atoms with E-state index >= 15 is 0 Å². The van der Waals surface area contributed by atoms with E-state index in [2.05, 4.69) is 12.1 Å². The Morgan fingerprint density at radius 1 is 1.05 bits per heavy atom. The molecule has 2 aromatic rings. The van der Waals surface area contributed by atoms with Crippen LogP contribution < -0.4 is 4.74 Å². The maximum Gasteiger partial charge on any atom is 0.137 e. The van der Waals surface area contributed by atoms with Gasteiger partial charge in [0, 0.05) is 12.8 Å². The number of ether oxygens (including phenoxy) is 1. The van der Waals surface area contributed by atoms with Crippen LogP contribution in [-0.4, -0.2) is 12.9 Å². The highest BCUT2D eigenvalue weighted by atomic mass is 35.5. The number of aldehydes is 1. The lowest BCUT2D eigenvalue weighted by Crippen LogP contribution is -2.02. The summed E-state index contributed by atoms with van der Waals surface area (Å²) in [5.41, 5.74) is 2.13. The van der Waals surface area contributed by atoms with E-state index in [4.69, 9.17) is 16.3 Å². The third-order valence-corrected chi connectivity index (χ3v) is 3.10. The second-order valence-corrected chi connectivity index (χ2v) is 4.63. The van der Waals surface area contributed by atoms with Crippen LogP contribution in [0.25, 0.3) is 0 Å². The maximum atomic E-state index is 10.4. The van der Waals surface area contributed by atoms with Crippen molar-refractivity contribution in [3.8, 4) is 5.75 Å². The first-order valence-corrected chi connectivity index (χ1v) is 6.56. The first-order valence-electron chi connectivity index (χ1n) is 6.18. The summed E-state index contributed by atoms with van der Waals surface area (Å²) in [5.74, 6) is 0.659. The van der Waals surface area contributed by atoms with Crippen LogP contribution in [0.5, 0.6) is 5.75 Å². The van der Waals surface area contributed by atoms with Crippen LogP contribution in [-0.2, 0) is 17.6 Å². The Morgan fingerprint density at radius 3 is 2.53 bits per heavy atom. The normalized spacial score (nSPS) is 10.2. The largest absolute Gasteiger partial charge is 0.492 e. The van der Waals surface area contributed by atoms with Crippen molar-refractivity contribution in [2.75, 3.05) is 6.61 Å². The molecule has 0 atom stereocenters. The molecular weight excluding hydrogens is 260 g/mol. The third kappa shape index (κ3) is 4.11. The zero-order valence-electron chi connectivity index (χ0n) is 10.5. The number of benzene rings is 2. The van der Waals surface area contributed by atoms with Crippen LogP contribution in [0.3, 0.4) is 0 Å². The zero-order chi connectivity index (χ0) is 13.5. The Hall–Kier alpha value is -1.80. The first-order chi connectivity index (χ1) is 9.29. The maximum absolute atomic E-state index is 10.4. The van der Waals surface area contributed by atoms with Gasteiger partial charge in [0.05, 0.1) is 11.6 Å². The third-order valence-electron chi connectivity index (χ3n) is 2.81. The van der Waals surface area contributed by atoms with Crippen molar-refractivity contribution in [3.05, 3.63) is 64.7 Å². The van der Waals surface area contributed by atoms with Gasteiger partial charge in [0.1, 0.15) is 12.0 Å². The van der Waals surface area contributed by atoms with Crippen molar-refractivity contribution in [1.82, 2.24) is 0 Å². The van der Waals surface area contributed by atoms with Gasteiger partial charge in [0.25, 0.3) is 0 Å². The molecule has 3 heteroatoms. The minimum atomic E-state index is 0.379. The standard InChI is InChI=1S/C16H15ClO2/c17-15-12-14(8-10-18)6-7-16(15)19-11-9-13-4-2-1-3-5-13/h1-7,10,12H,8-9,11H2. The first kappa shape index (κ1) is 13.6. The number of hydrogen-bond donors (Lipinski definition) is 0. The molecule has 2 aromatic carbocycles. The molecule has 0 aliphatic heterocycles. The van der Waals surface area contributed by atoms with Gasteiger partial charge in [-0.25, -0.2) is 0 Å². The van der Waals surface area contributed by atoms with Gasteiger partial charge in [-0.3, -0.25) is 0 Å². The Labute approximate surface area is 118 Å². The van der Waals surface area contributed by atoms with E-state index in [-0.39, 0.29) is 0 Å². The molecule has 0 aliphatic carbocycles. The SMILES string of the molecule is O=CCc1ccc(OCCc2ccccc2)c(Cl)c1. The fourth-order valence-electron chi connectivity index (χ4n) is 1.81. The quantitative estimate of drug-likeness (QED) is 0.751. The van der Waals surface area contributed by atoms with E-state index in [9.17, 15) is 4.79 Å². The lowest BCUT2D eigenvalue weighted by atomic mass is 10.1. The van der Waals surface area contributed by atoms with E-state index in [1.807, 2.05) is 30.3 Å². The Morgan fingerprint density at radius 2 is 1.84 bits per heavy atom. The lowest BCUT2D eigenvalue weighted by molar-refractivity contribution is -0.107. The molecule has 0 fully saturated rings. The van der Waals surface area contributed by atoms with Crippen LogP contribution in [0.15, 0.2) is 48.5 Å². The predicted molar refractivity (Wildman–Crippen MR) is 76.9 cm³/mol. The molecule has 0 bridgehead atoms. The second kappa shape index (κ2) is 6.95. The minimum absolute atomic E-state index is 0.379. The molecule has 0 amide bonds. The Balaban J connectivity index is 1.91. The number of halogens is 1. The van der Waals surface area contributed by atoms with Crippen molar-refractivity contribution < 1.29 is 9.53 Å². The molecule has 98 valence electrons. The molecule has 2 rings (SSSR count). The molecule has 0 radical (unpaired) electrons. The van der Waals surface area contributed by atoms with Crippen molar-refractivity contribution in [2.45, 2.75) is 12.8 Å². The topological polar surface area (TPSA) is 26.3 Å². The van der Waals surface area contributed by atoms with Gasteiger partial charge in [-0.05, 0) is 23.3 Å². The molecule has 0 spiro atoms. The summed E-state index contributed by atoms with van der Waals surface area (Å²) in [6.45, 7) is 0.580. The van der Waals surface area contributed by atoms with Gasteiger partial charge in [0.2, 0.25) is 0 Å². The van der Waals surface area contributed by atoms with Gasteiger partial charge in [-0.1, -0.05) is 48.0 Å². The molecule has 0 aromatic heterocycles. The molecule has 0 unspecified atom stereocenters. The molecule has 19 heavy (non-hydrogen) atoms. The fraction of sp³-hybridized carbons (Fsp3) is 0.188. The number of rotatable bonds is 6. The van der Waals surface area contributed by atoms with Crippen molar-refractivity contribution in [3.63, 3.8) is 0 Å². The van der Waals surface area contributed by atoms with Gasteiger partial charge in [-0.15, -0.1) is 0 Å². The number of hydrogen-bond acceptors (Lipinski definition) is 2. The summed E-state index contributed by atoms with van der Waals surface area (Å²) in [7, 11) is 0. The van der Waals surface area contributed by atoms with E-state index in [0.29, 0.717) is 23.8 Å². The number of carbonyl (C=O) groups excluding carboxylic acids is 1. The van der Waals surface area contributed by atoms with Gasteiger partial charge in [0.15, 0.2) is 0 Å². The van der Waals surface area contributed by atoms with Gasteiger partial charge in [-0.2, -0.15) is 0 Å². The molecular formula is C16H15ClO2. The Kier molecular flexibility index (Phi) is 4.99. The van der Waals surface area contributed by atoms with Crippen molar-refractivity contribution in [2.24, 2.45) is 0 Å². The van der Waals surface area contributed by atoms with Crippen LogP contribution in [0.4, 0.5) is 0 Å². The molecule has 0 N–H and O–H groups in total. The highest BCUT2D eigenvalue weighted by Gasteiger charge is 2.03. The summed E-state index contributed by atoms with van der Waals surface area (Å²) >= 11 is 6.11. The molecule has 0 heterocycles. The highest BCUT2D eigenvalue weighted by Crippen LogP contribution is 2.25. The average Bonchev–Trinajstić information content (AvgIpc) is 2.43. The van der Waals surface area contributed by atoms with Crippen LogP contribution in [0.2, 0.25) is 5.02 Å². The average molecular weight is 275 g/mol. The smallest absolute Gasteiger partial charge is 0.137 e. The number of carbonyl (C=O) groups is 1. The summed E-state index contributed by atoms with van der Waals surface area (Å²) in [4.78, 5) is 10.4. The van der Waals surface area contributed by atoms with Crippen LogP contribution >= 0.6 is 11.6 Å². The van der Waals surface area contributed by atoms with E-state index in [1.165, 1.54) is 5.56 Å². The monoisotopic (exact) mass is 274 g/mol. The van der Waals surface area contributed by atoms with E-state index in [1.54, 1.807) is 6.07 Å². The predicted octanol–water partition coefficient (Wildman–Crippen LogP) is 3.70. The fourth-order valence-corrected chi connectivity index (χ4v) is 2.07. The molecule has 0 saturated carbocycles. The van der Waals surface area contributed by atoms with Crippen LogP contribution in [0, 0.1) is 0 Å². The van der Waals surface area contributed by atoms with E-state index in [0.717, 1.165) is 18.3 Å². The second-order valence-electron chi connectivity index (χ2n) is 4.22.